The molecule has 2 fully saturated rings. The summed E-state index contributed by atoms with van der Waals surface area (Å²) in [6.45, 7) is 5.13. The van der Waals surface area contributed by atoms with Crippen LogP contribution in [0.5, 0.6) is 0 Å². The Labute approximate surface area is 187 Å². The minimum absolute atomic E-state index is 0.0867. The molecule has 5 N–H and O–H groups in total. The molecule has 0 aromatic heterocycles. The van der Waals surface area contributed by atoms with Crippen molar-refractivity contribution in [1.82, 2.24) is 20.9 Å². The van der Waals surface area contributed by atoms with Crippen molar-refractivity contribution in [2.75, 3.05) is 19.6 Å². The topological polar surface area (TPSA) is 165 Å². The minimum atomic E-state index is -1.45. The third-order valence-electron chi connectivity index (χ3n) is 6.02. The van der Waals surface area contributed by atoms with Gasteiger partial charge in [-0.2, -0.15) is 0 Å². The third kappa shape index (κ3) is 6.91. The van der Waals surface area contributed by atoms with E-state index >= 15 is 0 Å². The molecule has 2 rings (SSSR count). The largest absolute Gasteiger partial charge is 0.481 e. The Morgan fingerprint density at radius 3 is 2.22 bits per heavy atom. The van der Waals surface area contributed by atoms with E-state index in [2.05, 4.69) is 16.0 Å². The zero-order chi connectivity index (χ0) is 23.8. The Morgan fingerprint density at radius 2 is 1.66 bits per heavy atom. The summed E-state index contributed by atoms with van der Waals surface area (Å²) in [6, 6.07) is -3.45. The van der Waals surface area contributed by atoms with Crippen LogP contribution >= 0.6 is 0 Å². The summed E-state index contributed by atoms with van der Waals surface area (Å²) in [6.07, 6.45) is 2.62. The van der Waals surface area contributed by atoms with Crippen LogP contribution in [0.3, 0.4) is 0 Å². The Balaban J connectivity index is 2.12. The van der Waals surface area contributed by atoms with E-state index in [4.69, 9.17) is 0 Å². The molecule has 11 nitrogen and oxygen atoms in total. The lowest BCUT2D eigenvalue weighted by Gasteiger charge is -2.38. The Kier molecular flexibility index (Phi) is 9.42. The lowest BCUT2D eigenvalue weighted by Crippen LogP contribution is -2.59. The van der Waals surface area contributed by atoms with Crippen molar-refractivity contribution in [2.45, 2.75) is 70.5 Å². The highest BCUT2D eigenvalue weighted by molar-refractivity contribution is 5.95. The number of hydrogen-bond donors (Lipinski definition) is 5. The number of aliphatic carboxylic acids is 2. The summed E-state index contributed by atoms with van der Waals surface area (Å²) in [7, 11) is 0. The average Bonchev–Trinajstić information content (AvgIpc) is 2.76. The maximum absolute atomic E-state index is 13.0. The first-order valence-corrected chi connectivity index (χ1v) is 11.2. The monoisotopic (exact) mass is 454 g/mol. The number of amides is 3. The Hall–Kier alpha value is -2.69. The van der Waals surface area contributed by atoms with Crippen molar-refractivity contribution in [3.8, 4) is 0 Å². The molecule has 0 aliphatic carbocycles. The number of carbonyl (C=O) groups excluding carboxylic acids is 3. The Bertz CT molecular complexity index is 721. The number of nitrogens with zero attached hydrogens (tertiary/aromatic N) is 1. The number of carboxylic acids is 2. The van der Waals surface area contributed by atoms with Gasteiger partial charge in [-0.1, -0.05) is 13.8 Å². The number of likely N-dealkylation sites (tertiary alicyclic amines) is 1. The summed E-state index contributed by atoms with van der Waals surface area (Å²) >= 11 is 0. The molecule has 0 spiro atoms. The van der Waals surface area contributed by atoms with Crippen molar-refractivity contribution in [3.05, 3.63) is 0 Å². The van der Waals surface area contributed by atoms with E-state index < -0.39 is 54.2 Å². The first-order valence-electron chi connectivity index (χ1n) is 11.2. The maximum atomic E-state index is 13.0. The number of rotatable bonds is 9. The molecule has 180 valence electrons. The fourth-order valence-electron chi connectivity index (χ4n) is 4.19. The molecule has 2 aliphatic heterocycles. The molecule has 3 atom stereocenters. The van der Waals surface area contributed by atoms with Gasteiger partial charge in [-0.15, -0.1) is 0 Å². The zero-order valence-electron chi connectivity index (χ0n) is 18.6. The number of piperidine rings is 2. The SMILES string of the molecule is CC(C)[C@H](NC(=O)[C@H](CC(=O)O)NC(=O)C1CCCCN1C(=O)C1CCNCC1)C(=O)O. The van der Waals surface area contributed by atoms with Crippen LogP contribution in [0.2, 0.25) is 0 Å². The zero-order valence-corrected chi connectivity index (χ0v) is 18.6. The van der Waals surface area contributed by atoms with Crippen LogP contribution < -0.4 is 16.0 Å². The molecule has 11 heteroatoms. The van der Waals surface area contributed by atoms with Crippen molar-refractivity contribution < 1.29 is 34.2 Å². The maximum Gasteiger partial charge on any atom is 0.326 e. The summed E-state index contributed by atoms with van der Waals surface area (Å²) in [5, 5.41) is 26.5. The second kappa shape index (κ2) is 11.8. The van der Waals surface area contributed by atoms with E-state index in [1.165, 1.54) is 0 Å². The van der Waals surface area contributed by atoms with Gasteiger partial charge in [0.15, 0.2) is 0 Å². The molecule has 2 heterocycles. The number of hydrogen-bond acceptors (Lipinski definition) is 6. The quantitative estimate of drug-likeness (QED) is 0.312. The fraction of sp³-hybridized carbons (Fsp3) is 0.762. The molecule has 3 amide bonds. The normalized spacial score (nSPS) is 21.5. The average molecular weight is 455 g/mol. The van der Waals surface area contributed by atoms with Crippen molar-refractivity contribution in [2.24, 2.45) is 11.8 Å². The van der Waals surface area contributed by atoms with Gasteiger partial charge >= 0.3 is 11.9 Å². The molecule has 1 unspecified atom stereocenters. The highest BCUT2D eigenvalue weighted by Crippen LogP contribution is 2.23. The number of nitrogens with one attached hydrogen (secondary N) is 3. The molecule has 2 aliphatic rings. The van der Waals surface area contributed by atoms with Gasteiger partial charge in [0, 0.05) is 12.5 Å². The van der Waals surface area contributed by atoms with Gasteiger partial charge in [0.05, 0.1) is 6.42 Å². The molecular formula is C21H34N4O7. The first-order chi connectivity index (χ1) is 15.1. The van der Waals surface area contributed by atoms with Gasteiger partial charge in [0.1, 0.15) is 18.1 Å². The number of carbonyl (C=O) groups is 5. The van der Waals surface area contributed by atoms with Crippen LogP contribution in [0.1, 0.15) is 52.4 Å². The van der Waals surface area contributed by atoms with Crippen LogP contribution in [-0.2, 0) is 24.0 Å². The smallest absolute Gasteiger partial charge is 0.326 e. The van der Waals surface area contributed by atoms with E-state index in [0.717, 1.165) is 25.9 Å². The van der Waals surface area contributed by atoms with Gasteiger partial charge in [-0.3, -0.25) is 19.2 Å². The second-order valence-corrected chi connectivity index (χ2v) is 8.80. The van der Waals surface area contributed by atoms with Crippen molar-refractivity contribution in [1.29, 1.82) is 0 Å². The van der Waals surface area contributed by atoms with Crippen LogP contribution in [0.25, 0.3) is 0 Å². The van der Waals surface area contributed by atoms with Crippen molar-refractivity contribution >= 4 is 29.7 Å². The van der Waals surface area contributed by atoms with E-state index in [1.807, 2.05) is 0 Å². The fourth-order valence-corrected chi connectivity index (χ4v) is 4.19. The van der Waals surface area contributed by atoms with Gasteiger partial charge in [-0.25, -0.2) is 4.79 Å². The molecular weight excluding hydrogens is 420 g/mol. The highest BCUT2D eigenvalue weighted by Gasteiger charge is 2.38. The van der Waals surface area contributed by atoms with Gasteiger partial charge < -0.3 is 31.1 Å². The lowest BCUT2D eigenvalue weighted by molar-refractivity contribution is -0.148. The van der Waals surface area contributed by atoms with E-state index in [-0.39, 0.29) is 11.8 Å². The van der Waals surface area contributed by atoms with Gasteiger partial charge in [0.2, 0.25) is 17.7 Å². The standard InChI is InChI=1S/C21H34N4O7/c1-12(2)17(21(31)32)24-18(28)14(11-16(26)27)23-19(29)15-5-3-4-10-25(15)20(30)13-6-8-22-9-7-13/h12-15,17,22H,3-11H2,1-2H3,(H,23,29)(H,24,28)(H,26,27)(H,31,32)/t14-,15?,17-/m0/s1. The minimum Gasteiger partial charge on any atom is -0.481 e. The molecule has 0 radical (unpaired) electrons. The summed E-state index contributed by atoms with van der Waals surface area (Å²) < 4.78 is 0. The summed E-state index contributed by atoms with van der Waals surface area (Å²) in [4.78, 5) is 63.0. The van der Waals surface area contributed by atoms with Crippen LogP contribution in [0, 0.1) is 11.8 Å². The third-order valence-corrected chi connectivity index (χ3v) is 6.02. The Morgan fingerprint density at radius 1 is 1.00 bits per heavy atom. The lowest BCUT2D eigenvalue weighted by atomic mass is 9.93. The molecule has 0 aromatic carbocycles. The molecule has 32 heavy (non-hydrogen) atoms. The van der Waals surface area contributed by atoms with Crippen LogP contribution in [0.4, 0.5) is 0 Å². The van der Waals surface area contributed by atoms with Crippen LogP contribution in [-0.4, -0.2) is 82.5 Å². The van der Waals surface area contributed by atoms with Gasteiger partial charge in [-0.05, 0) is 51.1 Å². The molecule has 2 saturated heterocycles. The molecule has 0 bridgehead atoms. The van der Waals surface area contributed by atoms with Gasteiger partial charge in [0.25, 0.3) is 0 Å². The number of carboxylic acid groups (broad SMARTS) is 2. The van der Waals surface area contributed by atoms with Crippen molar-refractivity contribution in [3.63, 3.8) is 0 Å². The highest BCUT2D eigenvalue weighted by atomic mass is 16.4. The molecule has 0 aromatic rings. The molecule has 0 saturated carbocycles. The summed E-state index contributed by atoms with van der Waals surface area (Å²) in [5.41, 5.74) is 0. The summed E-state index contributed by atoms with van der Waals surface area (Å²) in [5.74, 6) is -4.72. The van der Waals surface area contributed by atoms with E-state index in [1.54, 1.807) is 18.7 Å². The first kappa shape index (κ1) is 25.6. The van der Waals surface area contributed by atoms with E-state index in [0.29, 0.717) is 25.8 Å². The van der Waals surface area contributed by atoms with Crippen LogP contribution in [0.15, 0.2) is 0 Å². The predicted octanol–water partition coefficient (Wildman–Crippen LogP) is -0.448. The van der Waals surface area contributed by atoms with E-state index in [9.17, 15) is 34.2 Å². The predicted molar refractivity (Wildman–Crippen MR) is 114 cm³/mol. The second-order valence-electron chi connectivity index (χ2n) is 8.80.